The number of nitrogens with zero attached hydrogens (tertiary/aromatic N) is 1. The van der Waals surface area contributed by atoms with E-state index in [0.717, 1.165) is 0 Å². The Hall–Kier alpha value is -3.61. The van der Waals surface area contributed by atoms with Gasteiger partial charge in [-0.25, -0.2) is 4.79 Å². The molecule has 2 amide bonds. The number of likely N-dealkylation sites (tertiary alicyclic amines) is 1. The van der Waals surface area contributed by atoms with E-state index in [-0.39, 0.29) is 31.5 Å². The van der Waals surface area contributed by atoms with Crippen molar-refractivity contribution in [2.24, 2.45) is 5.41 Å². The van der Waals surface area contributed by atoms with Crippen molar-refractivity contribution in [3.05, 3.63) is 72.3 Å². The second-order valence-corrected chi connectivity index (χ2v) is 9.04. The van der Waals surface area contributed by atoms with Gasteiger partial charge in [0.25, 0.3) is 0 Å². The number of nitrogens with one attached hydrogen (secondary N) is 1. The number of carbonyl (C=O) groups excluding carboxylic acids is 2. The lowest BCUT2D eigenvalue weighted by molar-refractivity contribution is -0.165. The number of allylic oxidation sites excluding steroid dienone is 1. The number of alkyl carbamates (subject to hydrolysis) is 1. The molecule has 2 aliphatic rings. The molecule has 34 heavy (non-hydrogen) atoms. The Balaban J connectivity index is 1.16. The van der Waals surface area contributed by atoms with Crippen LogP contribution in [0.2, 0.25) is 0 Å². The minimum Gasteiger partial charge on any atom is -0.481 e. The molecule has 7 heteroatoms. The number of carbonyl (C=O) groups is 3. The molecule has 2 N–H and O–H groups in total. The summed E-state index contributed by atoms with van der Waals surface area (Å²) in [6.45, 7) is 4.75. The average molecular weight is 463 g/mol. The van der Waals surface area contributed by atoms with Crippen molar-refractivity contribution in [2.45, 2.75) is 31.6 Å². The molecule has 0 unspecified atom stereocenters. The van der Waals surface area contributed by atoms with Gasteiger partial charge in [-0.15, -0.1) is 6.58 Å². The van der Waals surface area contributed by atoms with Gasteiger partial charge in [0.15, 0.2) is 0 Å². The van der Waals surface area contributed by atoms with Gasteiger partial charge in [-0.1, -0.05) is 54.6 Å². The van der Waals surface area contributed by atoms with Crippen molar-refractivity contribution in [1.82, 2.24) is 10.2 Å². The minimum atomic E-state index is -0.886. The molecule has 0 aromatic heterocycles. The summed E-state index contributed by atoms with van der Waals surface area (Å²) in [5.74, 6) is -0.919. The highest BCUT2D eigenvalue weighted by molar-refractivity contribution is 5.83. The van der Waals surface area contributed by atoms with Crippen LogP contribution in [0.1, 0.15) is 42.7 Å². The molecule has 2 aromatic carbocycles. The zero-order chi connectivity index (χ0) is 24.1. The van der Waals surface area contributed by atoms with E-state index in [1.807, 2.05) is 24.3 Å². The number of benzene rings is 2. The molecular weight excluding hydrogens is 432 g/mol. The number of carboxylic acids is 1. The number of carboxylic acid groups (broad SMARTS) is 1. The fourth-order valence-electron chi connectivity index (χ4n) is 4.89. The van der Waals surface area contributed by atoms with Crippen LogP contribution in [0.3, 0.4) is 0 Å². The third kappa shape index (κ3) is 4.69. The third-order valence-corrected chi connectivity index (χ3v) is 6.76. The fourth-order valence-corrected chi connectivity index (χ4v) is 4.89. The highest BCUT2D eigenvalue weighted by Crippen LogP contribution is 2.44. The lowest BCUT2D eigenvalue weighted by Crippen LogP contribution is -2.61. The van der Waals surface area contributed by atoms with Gasteiger partial charge >= 0.3 is 12.1 Å². The number of unbranched alkanes of at least 4 members (excludes halogenated alkanes) is 1. The SMILES string of the molecule is C=CCC1(C(=O)O)CN(C(=O)CCCCNC(=O)OCC2c3ccccc3-c3ccccc32)C1. The van der Waals surface area contributed by atoms with Crippen molar-refractivity contribution < 1.29 is 24.2 Å². The number of hydrogen-bond donors (Lipinski definition) is 2. The molecule has 1 saturated heterocycles. The quantitative estimate of drug-likeness (QED) is 0.408. The number of hydrogen-bond acceptors (Lipinski definition) is 4. The Morgan fingerprint density at radius 2 is 1.68 bits per heavy atom. The van der Waals surface area contributed by atoms with E-state index in [1.165, 1.54) is 22.3 Å². The maximum absolute atomic E-state index is 12.3. The van der Waals surface area contributed by atoms with Gasteiger partial charge in [0, 0.05) is 32.0 Å². The summed E-state index contributed by atoms with van der Waals surface area (Å²) in [6, 6.07) is 16.4. The molecule has 1 heterocycles. The predicted molar refractivity (Wildman–Crippen MR) is 128 cm³/mol. The standard InChI is InChI=1S/C27H30N2O5/c1-2-14-27(25(31)32)17-29(18-27)24(30)13-7-8-15-28-26(33)34-16-23-21-11-5-3-9-19(21)20-10-4-6-12-22(20)23/h2-6,9-12,23H,1,7-8,13-18H2,(H,28,33)(H,31,32). The van der Waals surface area contributed by atoms with Crippen LogP contribution in [-0.2, 0) is 14.3 Å². The Labute approximate surface area is 199 Å². The van der Waals surface area contributed by atoms with Crippen LogP contribution in [0.5, 0.6) is 0 Å². The number of ether oxygens (including phenoxy) is 1. The van der Waals surface area contributed by atoms with E-state index < -0.39 is 17.5 Å². The Morgan fingerprint density at radius 3 is 2.26 bits per heavy atom. The third-order valence-electron chi connectivity index (χ3n) is 6.76. The van der Waals surface area contributed by atoms with E-state index in [1.54, 1.807) is 11.0 Å². The van der Waals surface area contributed by atoms with Crippen LogP contribution in [-0.4, -0.2) is 54.2 Å². The van der Waals surface area contributed by atoms with Crippen molar-refractivity contribution >= 4 is 18.0 Å². The van der Waals surface area contributed by atoms with Gasteiger partial charge < -0.3 is 20.1 Å². The largest absolute Gasteiger partial charge is 0.481 e. The first-order valence-electron chi connectivity index (χ1n) is 11.7. The van der Waals surface area contributed by atoms with Gasteiger partial charge in [-0.2, -0.15) is 0 Å². The second-order valence-electron chi connectivity index (χ2n) is 9.04. The van der Waals surface area contributed by atoms with E-state index in [2.05, 4.69) is 36.2 Å². The Bertz CT molecular complexity index is 1040. The molecule has 0 spiro atoms. The van der Waals surface area contributed by atoms with Gasteiger partial charge in [0.05, 0.1) is 0 Å². The summed E-state index contributed by atoms with van der Waals surface area (Å²) < 4.78 is 5.51. The van der Waals surface area contributed by atoms with Gasteiger partial charge in [0.2, 0.25) is 5.91 Å². The topological polar surface area (TPSA) is 95.9 Å². The molecule has 7 nitrogen and oxygen atoms in total. The molecule has 1 aliphatic heterocycles. The normalized spacial score (nSPS) is 15.6. The van der Waals surface area contributed by atoms with E-state index in [9.17, 15) is 19.5 Å². The monoisotopic (exact) mass is 462 g/mol. The Kier molecular flexibility index (Phi) is 7.01. The van der Waals surface area contributed by atoms with E-state index in [4.69, 9.17) is 4.74 Å². The summed E-state index contributed by atoms with van der Waals surface area (Å²) in [4.78, 5) is 37.5. The van der Waals surface area contributed by atoms with Crippen molar-refractivity contribution in [2.75, 3.05) is 26.2 Å². The molecule has 0 bridgehead atoms. The second kappa shape index (κ2) is 10.1. The minimum absolute atomic E-state index is 0.0197. The number of fused-ring (bicyclic) bond motifs is 3. The molecule has 0 atom stereocenters. The predicted octanol–water partition coefficient (Wildman–Crippen LogP) is 4.18. The molecule has 0 saturated carbocycles. The molecule has 1 aliphatic carbocycles. The smallest absolute Gasteiger partial charge is 0.407 e. The highest BCUT2D eigenvalue weighted by Gasteiger charge is 2.50. The maximum Gasteiger partial charge on any atom is 0.407 e. The van der Waals surface area contributed by atoms with Gasteiger partial charge in [-0.3, -0.25) is 9.59 Å². The van der Waals surface area contributed by atoms with Crippen LogP contribution < -0.4 is 5.32 Å². The van der Waals surface area contributed by atoms with Crippen molar-refractivity contribution in [3.8, 4) is 11.1 Å². The summed E-state index contributed by atoms with van der Waals surface area (Å²) in [7, 11) is 0. The first-order chi connectivity index (χ1) is 16.4. The van der Waals surface area contributed by atoms with Crippen LogP contribution in [0.25, 0.3) is 11.1 Å². The lowest BCUT2D eigenvalue weighted by Gasteiger charge is -2.46. The summed E-state index contributed by atoms with van der Waals surface area (Å²) in [5, 5.41) is 12.1. The van der Waals surface area contributed by atoms with Crippen LogP contribution in [0.4, 0.5) is 4.79 Å². The highest BCUT2D eigenvalue weighted by atomic mass is 16.5. The molecule has 1 fully saturated rings. The Morgan fingerprint density at radius 1 is 1.06 bits per heavy atom. The first kappa shape index (κ1) is 23.5. The average Bonchev–Trinajstić information content (AvgIpc) is 3.13. The van der Waals surface area contributed by atoms with E-state index >= 15 is 0 Å². The maximum atomic E-state index is 12.3. The van der Waals surface area contributed by atoms with E-state index in [0.29, 0.717) is 32.2 Å². The summed E-state index contributed by atoms with van der Waals surface area (Å²) >= 11 is 0. The summed E-state index contributed by atoms with van der Waals surface area (Å²) in [6.07, 6.45) is 3.06. The van der Waals surface area contributed by atoms with Crippen molar-refractivity contribution in [1.29, 1.82) is 0 Å². The molecule has 4 rings (SSSR count). The number of rotatable bonds is 10. The summed E-state index contributed by atoms with van der Waals surface area (Å²) in [5.41, 5.74) is 3.82. The van der Waals surface area contributed by atoms with Crippen molar-refractivity contribution in [3.63, 3.8) is 0 Å². The molecule has 0 radical (unpaired) electrons. The number of amides is 2. The molecular formula is C27H30N2O5. The van der Waals surface area contributed by atoms with Crippen LogP contribution >= 0.6 is 0 Å². The van der Waals surface area contributed by atoms with Crippen LogP contribution in [0.15, 0.2) is 61.2 Å². The molecule has 2 aromatic rings. The van der Waals surface area contributed by atoms with Gasteiger partial charge in [0.1, 0.15) is 12.0 Å². The lowest BCUT2D eigenvalue weighted by atomic mass is 9.76. The number of aliphatic carboxylic acids is 1. The molecule has 178 valence electrons. The zero-order valence-electron chi connectivity index (χ0n) is 19.2. The van der Waals surface area contributed by atoms with Crippen LogP contribution in [0, 0.1) is 5.41 Å². The van der Waals surface area contributed by atoms with Gasteiger partial charge in [-0.05, 0) is 41.5 Å². The zero-order valence-corrected chi connectivity index (χ0v) is 19.2. The first-order valence-corrected chi connectivity index (χ1v) is 11.7. The fraction of sp³-hybridized carbons (Fsp3) is 0.370.